The molecule has 0 amide bonds. The van der Waals surface area contributed by atoms with Gasteiger partial charge in [0.1, 0.15) is 5.78 Å². The molecular weight excluding hydrogens is 320 g/mol. The number of aliphatic hydroxyl groups excluding tert-OH is 1. The summed E-state index contributed by atoms with van der Waals surface area (Å²) in [4.78, 5) is 12.1. The van der Waals surface area contributed by atoms with Gasteiger partial charge < -0.3 is 5.11 Å². The van der Waals surface area contributed by atoms with Crippen molar-refractivity contribution in [1.82, 2.24) is 0 Å². The molecule has 1 aromatic carbocycles. The third kappa shape index (κ3) is 10.1. The average Bonchev–Trinajstić information content (AvgIpc) is 2.59. The van der Waals surface area contributed by atoms with Crippen molar-refractivity contribution in [1.29, 1.82) is 0 Å². The number of carbonyl (C=O) groups excluding carboxylic acids is 1. The molecule has 0 aliphatic heterocycles. The smallest absolute Gasteiger partial charge is 0.133 e. The van der Waals surface area contributed by atoms with Gasteiger partial charge in [-0.05, 0) is 55.4 Å². The van der Waals surface area contributed by atoms with E-state index in [2.05, 4.69) is 39.8 Å². The molecule has 0 saturated carbocycles. The molecule has 148 valence electrons. The van der Waals surface area contributed by atoms with Gasteiger partial charge in [-0.2, -0.15) is 0 Å². The van der Waals surface area contributed by atoms with E-state index in [0.29, 0.717) is 18.6 Å². The van der Waals surface area contributed by atoms with Crippen LogP contribution in [0.2, 0.25) is 0 Å². The van der Waals surface area contributed by atoms with Crippen LogP contribution in [0, 0.1) is 11.8 Å². The zero-order valence-corrected chi connectivity index (χ0v) is 17.4. The Morgan fingerprint density at radius 3 is 2.31 bits per heavy atom. The number of ketones is 1. The molecule has 0 saturated heterocycles. The van der Waals surface area contributed by atoms with Crippen LogP contribution in [0.4, 0.5) is 0 Å². The second kappa shape index (κ2) is 13.1. The quantitative estimate of drug-likeness (QED) is 0.410. The number of hydrogen-bond acceptors (Lipinski definition) is 2. The first-order valence-corrected chi connectivity index (χ1v) is 10.7. The monoisotopic (exact) mass is 360 g/mol. The molecule has 0 spiro atoms. The normalized spacial score (nSPS) is 15.0. The van der Waals surface area contributed by atoms with Gasteiger partial charge in [0, 0.05) is 12.8 Å². The van der Waals surface area contributed by atoms with Crippen LogP contribution in [0.15, 0.2) is 30.3 Å². The fourth-order valence-corrected chi connectivity index (χ4v) is 3.93. The van der Waals surface area contributed by atoms with Crippen LogP contribution in [-0.4, -0.2) is 17.0 Å². The number of benzene rings is 1. The molecule has 0 fully saturated rings. The molecule has 0 heterocycles. The highest BCUT2D eigenvalue weighted by atomic mass is 16.3. The lowest BCUT2D eigenvalue weighted by molar-refractivity contribution is -0.119. The van der Waals surface area contributed by atoms with E-state index in [1.54, 1.807) is 0 Å². The fraction of sp³-hybridized carbons (Fsp3) is 0.708. The molecule has 0 aromatic heterocycles. The van der Waals surface area contributed by atoms with Crippen LogP contribution in [0.5, 0.6) is 0 Å². The summed E-state index contributed by atoms with van der Waals surface area (Å²) in [5, 5.41) is 10.4. The Morgan fingerprint density at radius 2 is 1.69 bits per heavy atom. The van der Waals surface area contributed by atoms with E-state index in [1.165, 1.54) is 18.4 Å². The van der Waals surface area contributed by atoms with E-state index < -0.39 is 0 Å². The number of carbonyl (C=O) groups is 1. The number of rotatable bonds is 14. The molecule has 1 rings (SSSR count). The SMILES string of the molecule is CCCC(=O)CC(CCC(O)CCCC(C)CC(C)C)c1ccccc1. The van der Waals surface area contributed by atoms with Crippen molar-refractivity contribution in [2.45, 2.75) is 97.5 Å². The van der Waals surface area contributed by atoms with Crippen molar-refractivity contribution < 1.29 is 9.90 Å². The Labute approximate surface area is 161 Å². The fourth-order valence-electron chi connectivity index (χ4n) is 3.93. The summed E-state index contributed by atoms with van der Waals surface area (Å²) in [6.07, 6.45) is 8.08. The van der Waals surface area contributed by atoms with E-state index in [9.17, 15) is 9.90 Å². The predicted octanol–water partition coefficient (Wildman–Crippen LogP) is 6.52. The highest BCUT2D eigenvalue weighted by molar-refractivity contribution is 5.79. The Hall–Kier alpha value is -1.15. The van der Waals surface area contributed by atoms with Gasteiger partial charge >= 0.3 is 0 Å². The van der Waals surface area contributed by atoms with Crippen LogP contribution in [0.25, 0.3) is 0 Å². The first-order chi connectivity index (χ1) is 12.4. The van der Waals surface area contributed by atoms with Crippen LogP contribution in [0.1, 0.15) is 97.0 Å². The van der Waals surface area contributed by atoms with Crippen molar-refractivity contribution in [3.05, 3.63) is 35.9 Å². The Kier molecular flexibility index (Phi) is 11.5. The van der Waals surface area contributed by atoms with Crippen LogP contribution < -0.4 is 0 Å². The summed E-state index contributed by atoms with van der Waals surface area (Å²) >= 11 is 0. The zero-order valence-electron chi connectivity index (χ0n) is 17.4. The molecule has 2 heteroatoms. The van der Waals surface area contributed by atoms with E-state index in [4.69, 9.17) is 0 Å². The second-order valence-corrected chi connectivity index (χ2v) is 8.50. The van der Waals surface area contributed by atoms with Gasteiger partial charge in [-0.3, -0.25) is 4.79 Å². The molecular formula is C24H40O2. The molecule has 0 bridgehead atoms. The van der Waals surface area contributed by atoms with Crippen molar-refractivity contribution in [3.63, 3.8) is 0 Å². The zero-order chi connectivity index (χ0) is 19.4. The minimum Gasteiger partial charge on any atom is -0.393 e. The summed E-state index contributed by atoms with van der Waals surface area (Å²) < 4.78 is 0. The summed E-state index contributed by atoms with van der Waals surface area (Å²) in [6.45, 7) is 8.92. The molecule has 3 unspecified atom stereocenters. The van der Waals surface area contributed by atoms with Gasteiger partial charge in [0.05, 0.1) is 6.10 Å². The van der Waals surface area contributed by atoms with Crippen LogP contribution >= 0.6 is 0 Å². The first-order valence-electron chi connectivity index (χ1n) is 10.7. The Morgan fingerprint density at radius 1 is 1.00 bits per heavy atom. The molecule has 1 aromatic rings. The van der Waals surface area contributed by atoms with Crippen molar-refractivity contribution in [2.24, 2.45) is 11.8 Å². The Bertz CT molecular complexity index is 480. The van der Waals surface area contributed by atoms with E-state index in [1.807, 2.05) is 18.2 Å². The van der Waals surface area contributed by atoms with Crippen molar-refractivity contribution in [3.8, 4) is 0 Å². The lowest BCUT2D eigenvalue weighted by atomic mass is 9.87. The average molecular weight is 361 g/mol. The van der Waals surface area contributed by atoms with Crippen LogP contribution in [-0.2, 0) is 4.79 Å². The molecule has 26 heavy (non-hydrogen) atoms. The summed E-state index contributed by atoms with van der Waals surface area (Å²) in [5.41, 5.74) is 1.23. The van der Waals surface area contributed by atoms with Gasteiger partial charge in [0.2, 0.25) is 0 Å². The topological polar surface area (TPSA) is 37.3 Å². The van der Waals surface area contributed by atoms with E-state index >= 15 is 0 Å². The summed E-state index contributed by atoms with van der Waals surface area (Å²) in [7, 11) is 0. The summed E-state index contributed by atoms with van der Waals surface area (Å²) in [6, 6.07) is 10.3. The van der Waals surface area contributed by atoms with E-state index in [0.717, 1.165) is 43.9 Å². The third-order valence-corrected chi connectivity index (χ3v) is 5.23. The molecule has 1 N–H and O–H groups in total. The molecule has 0 aliphatic carbocycles. The predicted molar refractivity (Wildman–Crippen MR) is 111 cm³/mol. The highest BCUT2D eigenvalue weighted by Gasteiger charge is 2.17. The maximum atomic E-state index is 12.1. The van der Waals surface area contributed by atoms with Crippen LogP contribution in [0.3, 0.4) is 0 Å². The highest BCUT2D eigenvalue weighted by Crippen LogP contribution is 2.27. The number of Topliss-reactive ketones (excluding diaryl/α,β-unsaturated/α-hetero) is 1. The lowest BCUT2D eigenvalue weighted by Gasteiger charge is -2.19. The number of hydrogen-bond donors (Lipinski definition) is 1. The van der Waals surface area contributed by atoms with Crippen molar-refractivity contribution >= 4 is 5.78 Å². The van der Waals surface area contributed by atoms with Crippen molar-refractivity contribution in [2.75, 3.05) is 0 Å². The minimum atomic E-state index is -0.242. The summed E-state index contributed by atoms with van der Waals surface area (Å²) in [5.74, 6) is 2.08. The maximum absolute atomic E-state index is 12.1. The van der Waals surface area contributed by atoms with Gasteiger partial charge in [0.15, 0.2) is 0 Å². The van der Waals surface area contributed by atoms with Gasteiger partial charge in [-0.25, -0.2) is 0 Å². The first kappa shape index (κ1) is 22.9. The Balaban J connectivity index is 2.43. The lowest BCUT2D eigenvalue weighted by Crippen LogP contribution is -2.13. The molecule has 0 radical (unpaired) electrons. The van der Waals surface area contributed by atoms with Gasteiger partial charge in [-0.15, -0.1) is 0 Å². The second-order valence-electron chi connectivity index (χ2n) is 8.50. The minimum absolute atomic E-state index is 0.241. The molecule has 0 aliphatic rings. The number of aliphatic hydroxyl groups is 1. The molecule has 3 atom stereocenters. The maximum Gasteiger partial charge on any atom is 0.133 e. The van der Waals surface area contributed by atoms with E-state index in [-0.39, 0.29) is 12.0 Å². The van der Waals surface area contributed by atoms with Gasteiger partial charge in [0.25, 0.3) is 0 Å². The molecule has 2 nitrogen and oxygen atoms in total. The van der Waals surface area contributed by atoms with Gasteiger partial charge in [-0.1, -0.05) is 70.9 Å². The largest absolute Gasteiger partial charge is 0.393 e. The standard InChI is InChI=1S/C24H40O2/c1-5-10-24(26)18-22(21-12-7-6-8-13-21)15-16-23(25)14-9-11-20(4)17-19(2)3/h6-8,12-13,19-20,22-23,25H,5,9-11,14-18H2,1-4H3. The third-order valence-electron chi connectivity index (χ3n) is 5.23.